The Morgan fingerprint density at radius 2 is 1.87 bits per heavy atom. The van der Waals surface area contributed by atoms with Crippen molar-refractivity contribution in [1.82, 2.24) is 9.97 Å². The molecule has 6 nitrogen and oxygen atoms in total. The molecule has 0 aliphatic carbocycles. The van der Waals surface area contributed by atoms with Gasteiger partial charge in [0, 0.05) is 13.1 Å². The molecule has 0 radical (unpaired) electrons. The summed E-state index contributed by atoms with van der Waals surface area (Å²) in [4.78, 5) is 9.77. The molecule has 2 aliphatic heterocycles. The van der Waals surface area contributed by atoms with Crippen LogP contribution >= 0.6 is 0 Å². The lowest BCUT2D eigenvalue weighted by Gasteiger charge is -2.27. The van der Waals surface area contributed by atoms with Gasteiger partial charge in [0.25, 0.3) is 0 Å². The Morgan fingerprint density at radius 3 is 2.52 bits per heavy atom. The van der Waals surface area contributed by atoms with Crippen LogP contribution in [0.4, 0.5) is 29.2 Å². The van der Waals surface area contributed by atoms with Crippen molar-refractivity contribution in [2.75, 3.05) is 34.8 Å². The zero-order chi connectivity index (χ0) is 22.2. The molecule has 0 spiro atoms. The molecule has 11 heteroatoms. The van der Waals surface area contributed by atoms with Crippen LogP contribution in [0.1, 0.15) is 36.4 Å². The van der Waals surface area contributed by atoms with Crippen molar-refractivity contribution in [3.05, 3.63) is 47.5 Å². The lowest BCUT2D eigenvalue weighted by Crippen LogP contribution is -2.26. The van der Waals surface area contributed by atoms with E-state index < -0.39 is 27.4 Å². The van der Waals surface area contributed by atoms with Gasteiger partial charge in [0.05, 0.1) is 23.1 Å². The summed E-state index contributed by atoms with van der Waals surface area (Å²) in [5, 5.41) is 2.89. The van der Waals surface area contributed by atoms with E-state index in [0.29, 0.717) is 24.9 Å². The lowest BCUT2D eigenvalue weighted by molar-refractivity contribution is -0.137. The Hall–Kier alpha value is -2.43. The first-order valence-electron chi connectivity index (χ1n) is 10.0. The van der Waals surface area contributed by atoms with E-state index in [9.17, 15) is 21.6 Å². The van der Waals surface area contributed by atoms with Gasteiger partial charge < -0.3 is 10.2 Å². The highest BCUT2D eigenvalue weighted by molar-refractivity contribution is 7.91. The number of nitrogens with one attached hydrogen (secondary N) is 1. The van der Waals surface area contributed by atoms with Gasteiger partial charge in [-0.25, -0.2) is 18.4 Å². The number of hydrogen-bond acceptors (Lipinski definition) is 6. The van der Waals surface area contributed by atoms with Crippen molar-refractivity contribution >= 4 is 21.5 Å². The number of alkyl halides is 3. The molecule has 0 bridgehead atoms. The molecular weight excluding hydrogens is 436 g/mol. The van der Waals surface area contributed by atoms with Crippen LogP contribution < -0.4 is 10.2 Å². The smallest absolute Gasteiger partial charge is 0.367 e. The van der Waals surface area contributed by atoms with E-state index in [-0.39, 0.29) is 41.6 Å². The van der Waals surface area contributed by atoms with Gasteiger partial charge in [0.2, 0.25) is 5.82 Å². The number of rotatable bonds is 5. The fourth-order valence-corrected chi connectivity index (χ4v) is 6.08. The number of halogens is 4. The Labute approximate surface area is 177 Å². The second-order valence-electron chi connectivity index (χ2n) is 7.98. The normalized spacial score (nSPS) is 23.3. The van der Waals surface area contributed by atoms with Crippen LogP contribution in [-0.2, 0) is 16.0 Å². The third-order valence-electron chi connectivity index (χ3n) is 5.80. The molecule has 1 unspecified atom stereocenters. The fraction of sp³-hybridized carbons (Fsp3) is 0.500. The van der Waals surface area contributed by atoms with Gasteiger partial charge in [0.1, 0.15) is 6.33 Å². The molecule has 31 heavy (non-hydrogen) atoms. The summed E-state index contributed by atoms with van der Waals surface area (Å²) >= 11 is 0. The summed E-state index contributed by atoms with van der Waals surface area (Å²) in [6.07, 6.45) is -1.24. The Bertz CT molecular complexity index is 1040. The maximum atomic E-state index is 15.2. The first-order chi connectivity index (χ1) is 14.6. The second kappa shape index (κ2) is 8.25. The minimum absolute atomic E-state index is 0.00707. The predicted molar refractivity (Wildman–Crippen MR) is 108 cm³/mol. The van der Waals surface area contributed by atoms with Crippen molar-refractivity contribution in [3.63, 3.8) is 0 Å². The summed E-state index contributed by atoms with van der Waals surface area (Å²) < 4.78 is 76.9. The summed E-state index contributed by atoms with van der Waals surface area (Å²) in [6, 6.07) is 4.62. The third kappa shape index (κ3) is 4.76. The molecule has 1 aromatic carbocycles. The number of hydrogen-bond donors (Lipinski definition) is 1. The summed E-state index contributed by atoms with van der Waals surface area (Å²) in [6.45, 7) is 0.800. The second-order valence-corrected chi connectivity index (χ2v) is 10.2. The topological polar surface area (TPSA) is 75.2 Å². The van der Waals surface area contributed by atoms with Crippen LogP contribution in [0.25, 0.3) is 0 Å². The van der Waals surface area contributed by atoms with E-state index in [1.807, 2.05) is 0 Å². The van der Waals surface area contributed by atoms with Crippen LogP contribution in [0.3, 0.4) is 0 Å². The molecule has 2 aromatic rings. The zero-order valence-corrected chi connectivity index (χ0v) is 17.4. The Morgan fingerprint density at radius 1 is 1.13 bits per heavy atom. The van der Waals surface area contributed by atoms with Crippen LogP contribution in [-0.4, -0.2) is 43.0 Å². The van der Waals surface area contributed by atoms with E-state index in [2.05, 4.69) is 15.3 Å². The van der Waals surface area contributed by atoms with Crippen LogP contribution in [0, 0.1) is 11.7 Å². The van der Waals surface area contributed by atoms with Gasteiger partial charge in [0.15, 0.2) is 21.5 Å². The monoisotopic (exact) mass is 458 g/mol. The maximum absolute atomic E-state index is 15.2. The van der Waals surface area contributed by atoms with E-state index >= 15 is 4.39 Å². The number of aromatic nitrogens is 2. The van der Waals surface area contributed by atoms with Crippen molar-refractivity contribution < 1.29 is 26.0 Å². The minimum Gasteiger partial charge on any atom is -0.367 e. The zero-order valence-electron chi connectivity index (χ0n) is 16.6. The summed E-state index contributed by atoms with van der Waals surface area (Å²) in [5.41, 5.74) is -0.0661. The molecule has 0 saturated carbocycles. The SMILES string of the molecule is O=S1(=O)CCC(CNc2ncnc(N3CCC[C@@H]3c3ccc(C(F)(F)F)cc3)c2F)C1. The van der Waals surface area contributed by atoms with E-state index in [1.165, 1.54) is 18.5 Å². The maximum Gasteiger partial charge on any atom is 0.416 e. The quantitative estimate of drug-likeness (QED) is 0.687. The molecule has 1 N–H and O–H groups in total. The van der Waals surface area contributed by atoms with Crippen molar-refractivity contribution in [3.8, 4) is 0 Å². The molecule has 2 atom stereocenters. The van der Waals surface area contributed by atoms with E-state index in [4.69, 9.17) is 0 Å². The fourth-order valence-electron chi connectivity index (χ4n) is 4.22. The van der Waals surface area contributed by atoms with Gasteiger partial charge >= 0.3 is 6.18 Å². The molecule has 2 aliphatic rings. The highest BCUT2D eigenvalue weighted by atomic mass is 32.2. The third-order valence-corrected chi connectivity index (χ3v) is 7.64. The molecule has 2 fully saturated rings. The standard InChI is InChI=1S/C20H22F4N4O2S/c21-17-18(25-10-13-7-9-31(29,30)11-13)26-12-27-19(17)28-8-1-2-16(28)14-3-5-15(6-4-14)20(22,23)24/h3-6,12-13,16H,1-2,7-11H2,(H,25,26,27)/t13?,16-/m1/s1. The van der Waals surface area contributed by atoms with E-state index in [0.717, 1.165) is 18.6 Å². The summed E-state index contributed by atoms with van der Waals surface area (Å²) in [5.74, 6) is -0.468. The first kappa shape index (κ1) is 21.8. The minimum atomic E-state index is -4.41. The number of nitrogens with zero attached hydrogens (tertiary/aromatic N) is 3. The molecule has 4 rings (SSSR count). The van der Waals surface area contributed by atoms with E-state index in [1.54, 1.807) is 4.90 Å². The average Bonchev–Trinajstić information content (AvgIpc) is 3.33. The predicted octanol–water partition coefficient (Wildman–Crippen LogP) is 3.82. The number of benzene rings is 1. The average molecular weight is 458 g/mol. The molecule has 0 amide bonds. The first-order valence-corrected chi connectivity index (χ1v) is 11.8. The van der Waals surface area contributed by atoms with Crippen molar-refractivity contribution in [1.29, 1.82) is 0 Å². The van der Waals surface area contributed by atoms with Crippen molar-refractivity contribution in [2.45, 2.75) is 31.5 Å². The summed E-state index contributed by atoms with van der Waals surface area (Å²) in [7, 11) is -3.03. The number of sulfone groups is 1. The molecule has 2 saturated heterocycles. The van der Waals surface area contributed by atoms with Gasteiger partial charge in [-0.2, -0.15) is 17.6 Å². The highest BCUT2D eigenvalue weighted by Gasteiger charge is 2.33. The highest BCUT2D eigenvalue weighted by Crippen LogP contribution is 2.38. The van der Waals surface area contributed by atoms with Crippen LogP contribution in [0.15, 0.2) is 30.6 Å². The Kier molecular flexibility index (Phi) is 5.80. The molecule has 3 heterocycles. The largest absolute Gasteiger partial charge is 0.416 e. The van der Waals surface area contributed by atoms with Crippen molar-refractivity contribution in [2.24, 2.45) is 5.92 Å². The Balaban J connectivity index is 1.51. The molecule has 168 valence electrons. The van der Waals surface area contributed by atoms with Gasteiger partial charge in [-0.15, -0.1) is 0 Å². The van der Waals surface area contributed by atoms with Crippen LogP contribution in [0.5, 0.6) is 0 Å². The van der Waals surface area contributed by atoms with Gasteiger partial charge in [-0.05, 0) is 42.9 Å². The van der Waals surface area contributed by atoms with Crippen LogP contribution in [0.2, 0.25) is 0 Å². The lowest BCUT2D eigenvalue weighted by atomic mass is 10.0. The number of anilines is 2. The van der Waals surface area contributed by atoms with Gasteiger partial charge in [-0.1, -0.05) is 12.1 Å². The van der Waals surface area contributed by atoms with Gasteiger partial charge in [-0.3, -0.25) is 0 Å². The molecular formula is C20H22F4N4O2S. The molecule has 1 aromatic heterocycles.